The number of rotatable bonds is 5. The molecular weight excluding hydrogens is 260 g/mol. The minimum atomic E-state index is -3.41. The summed E-state index contributed by atoms with van der Waals surface area (Å²) in [4.78, 5) is 3.27. The lowest BCUT2D eigenvalue weighted by Crippen LogP contribution is -2.26. The fourth-order valence-electron chi connectivity index (χ4n) is 1.81. The van der Waals surface area contributed by atoms with E-state index in [0.29, 0.717) is 17.9 Å². The van der Waals surface area contributed by atoms with Crippen molar-refractivity contribution in [2.24, 2.45) is 0 Å². The number of H-pyrrole nitrogens is 1. The monoisotopic (exact) mass is 278 g/mol. The minimum absolute atomic E-state index is 0.324. The van der Waals surface area contributed by atoms with Crippen LogP contribution < -0.4 is 4.72 Å². The van der Waals surface area contributed by atoms with Gasteiger partial charge in [0.15, 0.2) is 0 Å². The van der Waals surface area contributed by atoms with E-state index in [0.717, 1.165) is 16.7 Å². The Morgan fingerprint density at radius 3 is 2.58 bits per heavy atom. The van der Waals surface area contributed by atoms with Crippen LogP contribution in [0.5, 0.6) is 0 Å². The van der Waals surface area contributed by atoms with Crippen molar-refractivity contribution in [3.05, 3.63) is 53.3 Å². The van der Waals surface area contributed by atoms with Gasteiger partial charge in [0.25, 0.3) is 0 Å². The van der Waals surface area contributed by atoms with Crippen molar-refractivity contribution in [2.45, 2.75) is 25.2 Å². The van der Waals surface area contributed by atoms with E-state index >= 15 is 0 Å². The van der Waals surface area contributed by atoms with Gasteiger partial charge in [-0.15, -0.1) is 0 Å². The third-order valence-corrected chi connectivity index (χ3v) is 4.62. The zero-order valence-electron chi connectivity index (χ0n) is 11.1. The summed E-state index contributed by atoms with van der Waals surface area (Å²) in [5.41, 5.74) is 3.16. The van der Waals surface area contributed by atoms with E-state index in [2.05, 4.69) is 9.71 Å². The van der Waals surface area contributed by atoms with Crippen LogP contribution in [-0.2, 0) is 16.4 Å². The molecule has 0 aliphatic heterocycles. The zero-order chi connectivity index (χ0) is 13.9. The van der Waals surface area contributed by atoms with Crippen LogP contribution in [0.15, 0.2) is 41.6 Å². The van der Waals surface area contributed by atoms with Crippen molar-refractivity contribution in [3.63, 3.8) is 0 Å². The molecule has 2 N–H and O–H groups in total. The average molecular weight is 278 g/mol. The van der Waals surface area contributed by atoms with Gasteiger partial charge in [0, 0.05) is 18.9 Å². The molecule has 5 heteroatoms. The zero-order valence-corrected chi connectivity index (χ0v) is 11.9. The first-order valence-corrected chi connectivity index (χ1v) is 7.66. The summed E-state index contributed by atoms with van der Waals surface area (Å²) in [6.07, 6.45) is 4.37. The highest BCUT2D eigenvalue weighted by atomic mass is 32.2. The third kappa shape index (κ3) is 3.45. The van der Waals surface area contributed by atoms with Gasteiger partial charge in [0.1, 0.15) is 0 Å². The molecule has 0 bridgehead atoms. The normalized spacial score (nSPS) is 11.7. The van der Waals surface area contributed by atoms with E-state index in [1.165, 1.54) is 0 Å². The molecule has 102 valence electrons. The number of sulfonamides is 1. The summed E-state index contributed by atoms with van der Waals surface area (Å²) in [6.45, 7) is 4.27. The lowest BCUT2D eigenvalue weighted by Gasteiger charge is -2.08. The molecule has 0 aliphatic rings. The van der Waals surface area contributed by atoms with Gasteiger partial charge in [0.05, 0.1) is 4.90 Å². The van der Waals surface area contributed by atoms with Crippen molar-refractivity contribution in [1.82, 2.24) is 9.71 Å². The maximum absolute atomic E-state index is 12.1. The van der Waals surface area contributed by atoms with Crippen molar-refractivity contribution < 1.29 is 8.42 Å². The maximum Gasteiger partial charge on any atom is 0.240 e. The van der Waals surface area contributed by atoms with Gasteiger partial charge in [-0.1, -0.05) is 6.07 Å². The third-order valence-electron chi connectivity index (χ3n) is 3.16. The first kappa shape index (κ1) is 13.8. The van der Waals surface area contributed by atoms with Gasteiger partial charge in [-0.05, 0) is 55.2 Å². The Hall–Kier alpha value is -1.59. The molecule has 19 heavy (non-hydrogen) atoms. The lowest BCUT2D eigenvalue weighted by atomic mass is 10.1. The summed E-state index contributed by atoms with van der Waals surface area (Å²) in [5.74, 6) is 0. The standard InChI is InChI=1S/C14H18N2O2S/c1-11-3-4-14(9-12(11)2)19(17,18)16-8-6-13-5-7-15-10-13/h3-5,7,9-10,15-16H,6,8H2,1-2H3. The smallest absolute Gasteiger partial charge is 0.240 e. The Balaban J connectivity index is 2.03. The van der Waals surface area contributed by atoms with Gasteiger partial charge >= 0.3 is 0 Å². The van der Waals surface area contributed by atoms with Crippen LogP contribution in [0.25, 0.3) is 0 Å². The van der Waals surface area contributed by atoms with E-state index in [1.54, 1.807) is 12.1 Å². The Bertz CT molecular complexity index is 646. The van der Waals surface area contributed by atoms with Crippen molar-refractivity contribution in [3.8, 4) is 0 Å². The van der Waals surface area contributed by atoms with Crippen LogP contribution in [0.3, 0.4) is 0 Å². The SMILES string of the molecule is Cc1ccc(S(=O)(=O)NCCc2cc[nH]c2)cc1C. The Labute approximate surface area is 113 Å². The average Bonchev–Trinajstić information content (AvgIpc) is 2.85. The fraction of sp³-hybridized carbons (Fsp3) is 0.286. The second kappa shape index (κ2) is 5.59. The van der Waals surface area contributed by atoms with E-state index in [9.17, 15) is 8.42 Å². The second-order valence-electron chi connectivity index (χ2n) is 4.61. The first-order valence-electron chi connectivity index (χ1n) is 6.17. The summed E-state index contributed by atoms with van der Waals surface area (Å²) in [7, 11) is -3.41. The molecule has 0 saturated heterocycles. The van der Waals surface area contributed by atoms with Gasteiger partial charge < -0.3 is 4.98 Å². The van der Waals surface area contributed by atoms with Crippen LogP contribution in [-0.4, -0.2) is 19.9 Å². The predicted molar refractivity (Wildman–Crippen MR) is 75.6 cm³/mol. The molecule has 0 amide bonds. The molecule has 2 rings (SSSR count). The molecule has 0 radical (unpaired) electrons. The fourth-order valence-corrected chi connectivity index (χ4v) is 2.92. The highest BCUT2D eigenvalue weighted by molar-refractivity contribution is 7.89. The molecule has 0 fully saturated rings. The number of benzene rings is 1. The summed E-state index contributed by atoms with van der Waals surface area (Å²) in [5, 5.41) is 0. The van der Waals surface area contributed by atoms with Crippen LogP contribution in [0.4, 0.5) is 0 Å². The van der Waals surface area contributed by atoms with Crippen LogP contribution in [0.1, 0.15) is 16.7 Å². The molecule has 1 aromatic heterocycles. The number of aromatic nitrogens is 1. The molecule has 1 aromatic carbocycles. The van der Waals surface area contributed by atoms with Crippen LogP contribution in [0.2, 0.25) is 0 Å². The molecule has 0 unspecified atom stereocenters. The van der Waals surface area contributed by atoms with E-state index in [-0.39, 0.29) is 0 Å². The number of hydrogen-bond donors (Lipinski definition) is 2. The summed E-state index contributed by atoms with van der Waals surface area (Å²) in [6, 6.07) is 7.11. The van der Waals surface area contributed by atoms with Crippen molar-refractivity contribution >= 4 is 10.0 Å². The van der Waals surface area contributed by atoms with Gasteiger partial charge in [0.2, 0.25) is 10.0 Å². The Morgan fingerprint density at radius 2 is 1.95 bits per heavy atom. The Morgan fingerprint density at radius 1 is 1.16 bits per heavy atom. The molecule has 4 nitrogen and oxygen atoms in total. The minimum Gasteiger partial charge on any atom is -0.367 e. The number of nitrogens with one attached hydrogen (secondary N) is 2. The largest absolute Gasteiger partial charge is 0.367 e. The topological polar surface area (TPSA) is 62.0 Å². The quantitative estimate of drug-likeness (QED) is 0.880. The summed E-state index contributed by atoms with van der Waals surface area (Å²) < 4.78 is 26.8. The van der Waals surface area contributed by atoms with Gasteiger partial charge in [-0.25, -0.2) is 13.1 Å². The highest BCUT2D eigenvalue weighted by Gasteiger charge is 2.13. The lowest BCUT2D eigenvalue weighted by molar-refractivity contribution is 0.581. The maximum atomic E-state index is 12.1. The molecule has 0 saturated carbocycles. The van der Waals surface area contributed by atoms with E-state index < -0.39 is 10.0 Å². The van der Waals surface area contributed by atoms with Gasteiger partial charge in [-0.3, -0.25) is 0 Å². The number of aromatic amines is 1. The number of hydrogen-bond acceptors (Lipinski definition) is 2. The summed E-state index contributed by atoms with van der Waals surface area (Å²) >= 11 is 0. The van der Waals surface area contributed by atoms with E-state index in [1.807, 2.05) is 38.4 Å². The van der Waals surface area contributed by atoms with Gasteiger partial charge in [-0.2, -0.15) is 0 Å². The second-order valence-corrected chi connectivity index (χ2v) is 6.38. The predicted octanol–water partition coefficient (Wildman–Crippen LogP) is 2.15. The molecule has 0 atom stereocenters. The number of aryl methyl sites for hydroxylation is 2. The van der Waals surface area contributed by atoms with E-state index in [4.69, 9.17) is 0 Å². The van der Waals surface area contributed by atoms with Crippen LogP contribution in [0, 0.1) is 13.8 Å². The first-order chi connectivity index (χ1) is 8.99. The molecule has 2 aromatic rings. The van der Waals surface area contributed by atoms with Crippen LogP contribution >= 0.6 is 0 Å². The molecule has 0 aliphatic carbocycles. The highest BCUT2D eigenvalue weighted by Crippen LogP contribution is 2.14. The molecule has 0 spiro atoms. The van der Waals surface area contributed by atoms with Crippen molar-refractivity contribution in [2.75, 3.05) is 6.54 Å². The van der Waals surface area contributed by atoms with Crippen molar-refractivity contribution in [1.29, 1.82) is 0 Å². The molecular formula is C14H18N2O2S. The molecule has 1 heterocycles. The Kier molecular flexibility index (Phi) is 4.07.